The van der Waals surface area contributed by atoms with E-state index in [0.29, 0.717) is 22.2 Å². The van der Waals surface area contributed by atoms with Crippen molar-refractivity contribution < 1.29 is 33.3 Å². The number of alkyl halides is 3. The molecule has 0 atom stereocenters. The number of carboxylic acid groups (broad SMARTS) is 1. The van der Waals surface area contributed by atoms with E-state index in [2.05, 4.69) is 4.99 Å². The first-order valence-electron chi connectivity index (χ1n) is 12.2. The largest absolute Gasteiger partial charge is 0.505 e. The first-order chi connectivity index (χ1) is 19.0. The molecule has 0 bridgehead atoms. The molecule has 1 aromatic heterocycles. The monoisotopic (exact) mass is 544 g/mol. The maximum absolute atomic E-state index is 13.6. The first-order valence-corrected chi connectivity index (χ1v) is 12.2. The SMILES string of the molecule is Cc1ccc(-n2c(O)c(C=Nc3cccc(-c4cccc(C(=O)O)c4)c3O)c3ccc(C(F)(F)F)cc32)cc1C. The summed E-state index contributed by atoms with van der Waals surface area (Å²) in [5, 5.41) is 31.8. The summed E-state index contributed by atoms with van der Waals surface area (Å²) in [7, 11) is 0. The summed E-state index contributed by atoms with van der Waals surface area (Å²) in [6.45, 7) is 3.78. The third-order valence-electron chi connectivity index (χ3n) is 6.83. The number of phenolic OH excluding ortho intramolecular Hbond substituents is 1. The molecule has 1 heterocycles. The zero-order valence-electron chi connectivity index (χ0n) is 21.4. The van der Waals surface area contributed by atoms with Gasteiger partial charge in [-0.05, 0) is 73.0 Å². The van der Waals surface area contributed by atoms with Crippen molar-refractivity contribution in [2.24, 2.45) is 4.99 Å². The highest BCUT2D eigenvalue weighted by Gasteiger charge is 2.31. The van der Waals surface area contributed by atoms with Crippen LogP contribution in [0.1, 0.15) is 32.6 Å². The fraction of sp³-hybridized carbons (Fsp3) is 0.0968. The van der Waals surface area contributed by atoms with Crippen LogP contribution in [0.4, 0.5) is 18.9 Å². The van der Waals surface area contributed by atoms with Crippen LogP contribution >= 0.6 is 0 Å². The van der Waals surface area contributed by atoms with E-state index in [-0.39, 0.29) is 34.0 Å². The third-order valence-corrected chi connectivity index (χ3v) is 6.83. The number of hydrogen-bond donors (Lipinski definition) is 3. The van der Waals surface area contributed by atoms with E-state index in [9.17, 15) is 33.3 Å². The van der Waals surface area contributed by atoms with Gasteiger partial charge in [-0.1, -0.05) is 36.4 Å². The van der Waals surface area contributed by atoms with E-state index in [1.54, 1.807) is 36.4 Å². The quantitative estimate of drug-likeness (QED) is 0.197. The van der Waals surface area contributed by atoms with Gasteiger partial charge in [-0.25, -0.2) is 4.79 Å². The second-order valence-electron chi connectivity index (χ2n) is 9.39. The Hall–Kier alpha value is -5.05. The second kappa shape index (κ2) is 9.92. The van der Waals surface area contributed by atoms with E-state index < -0.39 is 17.7 Å². The van der Waals surface area contributed by atoms with Crippen molar-refractivity contribution in [2.75, 3.05) is 0 Å². The van der Waals surface area contributed by atoms with Gasteiger partial charge in [-0.2, -0.15) is 13.2 Å². The molecule has 0 spiro atoms. The lowest BCUT2D eigenvalue weighted by Crippen LogP contribution is -2.05. The van der Waals surface area contributed by atoms with Crippen LogP contribution in [-0.2, 0) is 6.18 Å². The summed E-state index contributed by atoms with van der Waals surface area (Å²) < 4.78 is 42.1. The predicted octanol–water partition coefficient (Wildman–Crippen LogP) is 7.79. The van der Waals surface area contributed by atoms with Crippen LogP contribution < -0.4 is 0 Å². The molecule has 0 saturated heterocycles. The van der Waals surface area contributed by atoms with Gasteiger partial charge < -0.3 is 15.3 Å². The van der Waals surface area contributed by atoms with Crippen molar-refractivity contribution in [1.82, 2.24) is 4.57 Å². The number of aliphatic imine (C=N–C) groups is 1. The van der Waals surface area contributed by atoms with E-state index >= 15 is 0 Å². The smallest absolute Gasteiger partial charge is 0.416 e. The third kappa shape index (κ3) is 4.77. The van der Waals surface area contributed by atoms with Crippen LogP contribution in [0.3, 0.4) is 0 Å². The Morgan fingerprint density at radius 3 is 2.35 bits per heavy atom. The number of fused-ring (bicyclic) bond motifs is 1. The minimum Gasteiger partial charge on any atom is -0.505 e. The minimum absolute atomic E-state index is 0.0492. The first kappa shape index (κ1) is 26.6. The van der Waals surface area contributed by atoms with Gasteiger partial charge in [0.05, 0.1) is 22.2 Å². The van der Waals surface area contributed by atoms with Crippen molar-refractivity contribution >= 4 is 28.8 Å². The summed E-state index contributed by atoms with van der Waals surface area (Å²) in [5.74, 6) is -1.65. The molecule has 0 unspecified atom stereocenters. The molecule has 0 aliphatic carbocycles. The fourth-order valence-electron chi connectivity index (χ4n) is 4.55. The fourth-order valence-corrected chi connectivity index (χ4v) is 4.55. The van der Waals surface area contributed by atoms with Crippen LogP contribution in [0.15, 0.2) is 83.9 Å². The Balaban J connectivity index is 1.65. The second-order valence-corrected chi connectivity index (χ2v) is 9.39. The number of aryl methyl sites for hydroxylation is 2. The van der Waals surface area contributed by atoms with Crippen molar-refractivity contribution in [3.63, 3.8) is 0 Å². The summed E-state index contributed by atoms with van der Waals surface area (Å²) in [6, 6.07) is 19.3. The molecule has 9 heteroatoms. The van der Waals surface area contributed by atoms with Gasteiger partial charge in [0.25, 0.3) is 0 Å². The van der Waals surface area contributed by atoms with E-state index in [0.717, 1.165) is 23.3 Å². The van der Waals surface area contributed by atoms with Gasteiger partial charge in [0, 0.05) is 22.9 Å². The molecule has 3 N–H and O–H groups in total. The highest BCUT2D eigenvalue weighted by atomic mass is 19.4. The molecule has 4 aromatic carbocycles. The zero-order valence-corrected chi connectivity index (χ0v) is 21.4. The molecule has 0 fully saturated rings. The molecule has 6 nitrogen and oxygen atoms in total. The van der Waals surface area contributed by atoms with Gasteiger partial charge in [-0.15, -0.1) is 0 Å². The highest BCUT2D eigenvalue weighted by molar-refractivity contribution is 6.04. The number of phenols is 1. The lowest BCUT2D eigenvalue weighted by atomic mass is 10.0. The number of aromatic carboxylic acids is 1. The maximum atomic E-state index is 13.6. The number of para-hydroxylation sites is 1. The van der Waals surface area contributed by atoms with E-state index in [1.165, 1.54) is 35.0 Å². The van der Waals surface area contributed by atoms with Gasteiger partial charge in [0.15, 0.2) is 0 Å². The van der Waals surface area contributed by atoms with Crippen LogP contribution in [-0.4, -0.2) is 32.1 Å². The van der Waals surface area contributed by atoms with Crippen LogP contribution in [0.2, 0.25) is 0 Å². The number of aromatic hydroxyl groups is 2. The lowest BCUT2D eigenvalue weighted by molar-refractivity contribution is -0.137. The highest BCUT2D eigenvalue weighted by Crippen LogP contribution is 2.40. The van der Waals surface area contributed by atoms with Gasteiger partial charge in [0.2, 0.25) is 5.88 Å². The molecule has 0 amide bonds. The zero-order chi connectivity index (χ0) is 28.8. The number of carbonyl (C=O) groups is 1. The average Bonchev–Trinajstić information content (AvgIpc) is 3.19. The molecule has 5 rings (SSSR count). The number of halogens is 3. The Morgan fingerprint density at radius 1 is 0.900 bits per heavy atom. The molecule has 0 aliphatic heterocycles. The molecular weight excluding hydrogens is 521 g/mol. The Morgan fingerprint density at radius 2 is 1.65 bits per heavy atom. The number of nitrogens with zero attached hydrogens (tertiary/aromatic N) is 2. The lowest BCUT2D eigenvalue weighted by Gasteiger charge is -2.11. The molecule has 0 aliphatic rings. The summed E-state index contributed by atoms with van der Waals surface area (Å²) in [6.07, 6.45) is -3.30. The summed E-state index contributed by atoms with van der Waals surface area (Å²) >= 11 is 0. The Labute approximate surface area is 226 Å². The van der Waals surface area contributed by atoms with Gasteiger partial charge in [-0.3, -0.25) is 9.56 Å². The summed E-state index contributed by atoms with van der Waals surface area (Å²) in [5.41, 5.74) is 2.78. The van der Waals surface area contributed by atoms with Crippen LogP contribution in [0.5, 0.6) is 11.6 Å². The van der Waals surface area contributed by atoms with Crippen molar-refractivity contribution in [3.05, 3.63) is 107 Å². The Bertz CT molecular complexity index is 1820. The minimum atomic E-state index is -4.58. The van der Waals surface area contributed by atoms with E-state index in [1.807, 2.05) is 19.9 Å². The van der Waals surface area contributed by atoms with Gasteiger partial charge >= 0.3 is 12.1 Å². The standard InChI is InChI=1S/C31H23F3N2O4/c1-17-9-11-22(13-18(17)2)36-27-15-21(31(32,33)34)10-12-24(27)25(29(36)38)16-35-26-8-4-7-23(28(26)37)19-5-3-6-20(14-19)30(39)40/h3-16,37-38H,1-2H3,(H,39,40). The Kier molecular flexibility index (Phi) is 6.59. The molecule has 5 aromatic rings. The predicted molar refractivity (Wildman–Crippen MR) is 147 cm³/mol. The number of benzene rings is 4. The summed E-state index contributed by atoms with van der Waals surface area (Å²) in [4.78, 5) is 15.7. The average molecular weight is 545 g/mol. The van der Waals surface area contributed by atoms with Crippen molar-refractivity contribution in [2.45, 2.75) is 20.0 Å². The maximum Gasteiger partial charge on any atom is 0.416 e. The topological polar surface area (TPSA) is 95.0 Å². The number of carboxylic acids is 1. The van der Waals surface area contributed by atoms with Crippen molar-refractivity contribution in [3.8, 4) is 28.4 Å². The van der Waals surface area contributed by atoms with E-state index in [4.69, 9.17) is 0 Å². The molecule has 0 saturated carbocycles. The molecule has 40 heavy (non-hydrogen) atoms. The molecular formula is C31H23F3N2O4. The van der Waals surface area contributed by atoms with Crippen LogP contribution in [0.25, 0.3) is 27.7 Å². The molecule has 0 radical (unpaired) electrons. The number of aromatic nitrogens is 1. The normalized spacial score (nSPS) is 11.9. The van der Waals surface area contributed by atoms with Crippen LogP contribution in [0, 0.1) is 13.8 Å². The number of rotatable bonds is 5. The number of hydrogen-bond acceptors (Lipinski definition) is 4. The van der Waals surface area contributed by atoms with Crippen molar-refractivity contribution in [1.29, 1.82) is 0 Å². The molecule has 202 valence electrons. The van der Waals surface area contributed by atoms with Gasteiger partial charge in [0.1, 0.15) is 11.4 Å².